The summed E-state index contributed by atoms with van der Waals surface area (Å²) in [7, 11) is 0. The molecule has 0 aliphatic carbocycles. The number of nitrogens with one attached hydrogen (secondary N) is 1. The number of anilines is 1. The monoisotopic (exact) mass is 396 g/mol. The number of hydrogen-bond donors (Lipinski definition) is 2. The summed E-state index contributed by atoms with van der Waals surface area (Å²) in [6, 6.07) is 12.9. The molecule has 0 fully saturated rings. The van der Waals surface area contributed by atoms with Crippen LogP contribution in [-0.4, -0.2) is 5.91 Å². The van der Waals surface area contributed by atoms with Crippen molar-refractivity contribution < 1.29 is 4.79 Å². The van der Waals surface area contributed by atoms with E-state index >= 15 is 0 Å². The molecule has 1 amide bonds. The molecule has 2 aromatic carbocycles. The van der Waals surface area contributed by atoms with Crippen molar-refractivity contribution >= 4 is 43.5 Å². The zero-order valence-corrected chi connectivity index (χ0v) is 14.0. The molecule has 0 aliphatic rings. The number of benzene rings is 2. The fourth-order valence-corrected chi connectivity index (χ4v) is 2.86. The van der Waals surface area contributed by atoms with Crippen LogP contribution in [0.1, 0.15) is 28.9 Å². The van der Waals surface area contributed by atoms with Gasteiger partial charge in [-0.1, -0.05) is 34.1 Å². The molecule has 2 aromatic rings. The van der Waals surface area contributed by atoms with Gasteiger partial charge in [0.1, 0.15) is 0 Å². The van der Waals surface area contributed by atoms with E-state index in [-0.39, 0.29) is 11.9 Å². The van der Waals surface area contributed by atoms with E-state index in [2.05, 4.69) is 37.2 Å². The highest BCUT2D eigenvalue weighted by Gasteiger charge is 2.14. The SMILES string of the molecule is C[C@H](NC(=O)c1ccc(N)c(Br)c1)c1ccccc1Br. The van der Waals surface area contributed by atoms with Crippen molar-refractivity contribution in [2.75, 3.05) is 5.73 Å². The van der Waals surface area contributed by atoms with E-state index in [0.717, 1.165) is 14.5 Å². The van der Waals surface area contributed by atoms with Gasteiger partial charge in [0.15, 0.2) is 0 Å². The molecular formula is C15H14Br2N2O. The largest absolute Gasteiger partial charge is 0.398 e. The third kappa shape index (κ3) is 3.41. The lowest BCUT2D eigenvalue weighted by Gasteiger charge is -2.16. The Kier molecular flexibility index (Phi) is 4.83. The van der Waals surface area contributed by atoms with Gasteiger partial charge < -0.3 is 11.1 Å². The minimum atomic E-state index is -0.131. The number of rotatable bonds is 3. The quantitative estimate of drug-likeness (QED) is 0.759. The maximum atomic E-state index is 12.2. The Bertz CT molecular complexity index is 644. The second-order valence-electron chi connectivity index (χ2n) is 4.45. The van der Waals surface area contributed by atoms with Crippen LogP contribution in [0.5, 0.6) is 0 Å². The minimum absolute atomic E-state index is 0.0885. The van der Waals surface area contributed by atoms with Crippen LogP contribution in [-0.2, 0) is 0 Å². The molecule has 1 atom stereocenters. The van der Waals surface area contributed by atoms with Crippen LogP contribution in [0.15, 0.2) is 51.4 Å². The fraction of sp³-hybridized carbons (Fsp3) is 0.133. The minimum Gasteiger partial charge on any atom is -0.398 e. The maximum absolute atomic E-state index is 12.2. The molecule has 0 saturated heterocycles. The summed E-state index contributed by atoms with van der Waals surface area (Å²) in [5.41, 5.74) is 7.94. The van der Waals surface area contributed by atoms with Crippen molar-refractivity contribution in [3.05, 3.63) is 62.5 Å². The van der Waals surface area contributed by atoms with Crippen LogP contribution in [0.2, 0.25) is 0 Å². The lowest BCUT2D eigenvalue weighted by molar-refractivity contribution is 0.0940. The van der Waals surface area contributed by atoms with Gasteiger partial charge in [-0.15, -0.1) is 0 Å². The van der Waals surface area contributed by atoms with Gasteiger partial charge in [-0.25, -0.2) is 0 Å². The predicted molar refractivity (Wildman–Crippen MR) is 88.6 cm³/mol. The predicted octanol–water partition coefficient (Wildman–Crippen LogP) is 4.28. The topological polar surface area (TPSA) is 55.1 Å². The van der Waals surface area contributed by atoms with Gasteiger partial charge in [0.2, 0.25) is 0 Å². The third-order valence-electron chi connectivity index (χ3n) is 2.98. The smallest absolute Gasteiger partial charge is 0.251 e. The van der Waals surface area contributed by atoms with Crippen molar-refractivity contribution in [1.82, 2.24) is 5.32 Å². The zero-order chi connectivity index (χ0) is 14.7. The molecule has 2 rings (SSSR count). The van der Waals surface area contributed by atoms with Gasteiger partial charge in [-0.3, -0.25) is 4.79 Å². The highest BCUT2D eigenvalue weighted by Crippen LogP contribution is 2.24. The van der Waals surface area contributed by atoms with Crippen LogP contribution in [0.4, 0.5) is 5.69 Å². The number of carbonyl (C=O) groups is 1. The molecule has 0 spiro atoms. The Morgan fingerprint density at radius 3 is 2.50 bits per heavy atom. The lowest BCUT2D eigenvalue weighted by Crippen LogP contribution is -2.26. The highest BCUT2D eigenvalue weighted by molar-refractivity contribution is 9.10. The number of nitrogens with two attached hydrogens (primary N) is 1. The van der Waals surface area contributed by atoms with Crippen LogP contribution in [0.25, 0.3) is 0 Å². The number of halogens is 2. The molecule has 0 unspecified atom stereocenters. The fourth-order valence-electron chi connectivity index (χ4n) is 1.85. The van der Waals surface area contributed by atoms with Gasteiger partial charge >= 0.3 is 0 Å². The molecule has 20 heavy (non-hydrogen) atoms. The number of amides is 1. The van der Waals surface area contributed by atoms with E-state index in [4.69, 9.17) is 5.73 Å². The Hall–Kier alpha value is -1.33. The van der Waals surface area contributed by atoms with Crippen LogP contribution >= 0.6 is 31.9 Å². The van der Waals surface area contributed by atoms with Crippen molar-refractivity contribution in [2.24, 2.45) is 0 Å². The van der Waals surface area contributed by atoms with Crippen molar-refractivity contribution in [2.45, 2.75) is 13.0 Å². The lowest BCUT2D eigenvalue weighted by atomic mass is 10.1. The maximum Gasteiger partial charge on any atom is 0.251 e. The average molecular weight is 398 g/mol. The van der Waals surface area contributed by atoms with E-state index < -0.39 is 0 Å². The Labute approximate surface area is 134 Å². The molecule has 3 N–H and O–H groups in total. The Morgan fingerprint density at radius 1 is 1.15 bits per heavy atom. The van der Waals surface area contributed by atoms with Crippen LogP contribution in [0, 0.1) is 0 Å². The molecule has 0 aromatic heterocycles. The van der Waals surface area contributed by atoms with Gasteiger partial charge in [0, 0.05) is 20.2 Å². The highest BCUT2D eigenvalue weighted by atomic mass is 79.9. The van der Waals surface area contributed by atoms with Crippen molar-refractivity contribution in [3.63, 3.8) is 0 Å². The van der Waals surface area contributed by atoms with E-state index in [1.54, 1.807) is 18.2 Å². The first-order chi connectivity index (χ1) is 9.49. The van der Waals surface area contributed by atoms with Gasteiger partial charge in [-0.05, 0) is 52.7 Å². The second-order valence-corrected chi connectivity index (χ2v) is 6.16. The summed E-state index contributed by atoms with van der Waals surface area (Å²) in [6.45, 7) is 1.95. The van der Waals surface area contributed by atoms with Crippen molar-refractivity contribution in [1.29, 1.82) is 0 Å². The normalized spacial score (nSPS) is 11.9. The van der Waals surface area contributed by atoms with Crippen LogP contribution in [0.3, 0.4) is 0 Å². The first-order valence-corrected chi connectivity index (χ1v) is 7.68. The summed E-state index contributed by atoms with van der Waals surface area (Å²) < 4.78 is 1.70. The zero-order valence-electron chi connectivity index (χ0n) is 10.9. The molecule has 104 valence electrons. The van der Waals surface area contributed by atoms with Crippen LogP contribution < -0.4 is 11.1 Å². The van der Waals surface area contributed by atoms with Gasteiger partial charge in [0.05, 0.1) is 6.04 Å². The van der Waals surface area contributed by atoms with Gasteiger partial charge in [0.25, 0.3) is 5.91 Å². The van der Waals surface area contributed by atoms with Gasteiger partial charge in [-0.2, -0.15) is 0 Å². The average Bonchev–Trinajstić information content (AvgIpc) is 2.42. The summed E-state index contributed by atoms with van der Waals surface area (Å²) in [5, 5.41) is 2.97. The first-order valence-electron chi connectivity index (χ1n) is 6.09. The second kappa shape index (κ2) is 6.41. The molecule has 0 radical (unpaired) electrons. The summed E-state index contributed by atoms with van der Waals surface area (Å²) >= 11 is 6.81. The number of carbonyl (C=O) groups excluding carboxylic acids is 1. The molecule has 0 saturated carbocycles. The Balaban J connectivity index is 2.15. The number of hydrogen-bond acceptors (Lipinski definition) is 2. The summed E-state index contributed by atoms with van der Waals surface area (Å²) in [6.07, 6.45) is 0. The van der Waals surface area contributed by atoms with E-state index in [0.29, 0.717) is 11.3 Å². The van der Waals surface area contributed by atoms with E-state index in [1.807, 2.05) is 31.2 Å². The summed E-state index contributed by atoms with van der Waals surface area (Å²) in [4.78, 5) is 12.2. The van der Waals surface area contributed by atoms with Crippen molar-refractivity contribution in [3.8, 4) is 0 Å². The van der Waals surface area contributed by atoms with E-state index in [1.165, 1.54) is 0 Å². The molecule has 5 heteroatoms. The molecule has 0 bridgehead atoms. The number of nitrogen functional groups attached to an aromatic ring is 1. The van der Waals surface area contributed by atoms with E-state index in [9.17, 15) is 4.79 Å². The Morgan fingerprint density at radius 2 is 1.85 bits per heavy atom. The molecular weight excluding hydrogens is 384 g/mol. The molecule has 0 heterocycles. The molecule has 3 nitrogen and oxygen atoms in total. The molecule has 0 aliphatic heterocycles. The third-order valence-corrected chi connectivity index (χ3v) is 4.39. The first kappa shape index (κ1) is 15.1. The standard InChI is InChI=1S/C15H14Br2N2O/c1-9(11-4-2-3-5-12(11)16)19-15(20)10-6-7-14(18)13(17)8-10/h2-9H,18H2,1H3,(H,19,20)/t9-/m0/s1. The summed E-state index contributed by atoms with van der Waals surface area (Å²) in [5.74, 6) is -0.131.